The SMILES string of the molecule is C=COC(=O)NCC. The Morgan fingerprint density at radius 1 is 2.00 bits per heavy atom. The fraction of sp³-hybridized carbons (Fsp3) is 0.400. The topological polar surface area (TPSA) is 38.3 Å². The average molecular weight is 115 g/mol. The van der Waals surface area contributed by atoms with Crippen LogP contribution in [0.25, 0.3) is 0 Å². The minimum absolute atomic E-state index is 0.456. The largest absolute Gasteiger partial charge is 0.419 e. The van der Waals surface area contributed by atoms with Gasteiger partial charge in [-0.25, -0.2) is 4.79 Å². The van der Waals surface area contributed by atoms with E-state index < -0.39 is 6.09 Å². The second-order valence-corrected chi connectivity index (χ2v) is 1.10. The summed E-state index contributed by atoms with van der Waals surface area (Å²) in [6.07, 6.45) is 0.632. The van der Waals surface area contributed by atoms with Crippen LogP contribution in [-0.4, -0.2) is 12.6 Å². The monoisotopic (exact) mass is 115 g/mol. The lowest BCUT2D eigenvalue weighted by Gasteiger charge is -1.96. The molecule has 3 nitrogen and oxygen atoms in total. The van der Waals surface area contributed by atoms with Crippen LogP contribution in [0.4, 0.5) is 4.79 Å². The number of alkyl carbamates (subject to hydrolysis) is 1. The van der Waals surface area contributed by atoms with Crippen LogP contribution >= 0.6 is 0 Å². The highest BCUT2D eigenvalue weighted by atomic mass is 16.5. The molecule has 0 saturated heterocycles. The van der Waals surface area contributed by atoms with Crippen molar-refractivity contribution in [3.63, 3.8) is 0 Å². The third-order valence-electron chi connectivity index (χ3n) is 0.511. The van der Waals surface area contributed by atoms with Crippen molar-refractivity contribution in [2.45, 2.75) is 6.92 Å². The van der Waals surface area contributed by atoms with Gasteiger partial charge in [0.15, 0.2) is 0 Å². The summed E-state index contributed by atoms with van der Waals surface area (Å²) >= 11 is 0. The zero-order valence-corrected chi connectivity index (χ0v) is 4.81. The van der Waals surface area contributed by atoms with Gasteiger partial charge in [0.25, 0.3) is 0 Å². The summed E-state index contributed by atoms with van der Waals surface area (Å²) in [7, 11) is 0. The molecule has 0 rings (SSSR count). The van der Waals surface area contributed by atoms with Crippen molar-refractivity contribution in [2.75, 3.05) is 6.54 Å². The van der Waals surface area contributed by atoms with Gasteiger partial charge in [-0.3, -0.25) is 0 Å². The normalized spacial score (nSPS) is 7.62. The molecule has 0 bridgehead atoms. The standard InChI is InChI=1S/C5H9NO2/c1-3-6-5(7)8-4-2/h4H,2-3H2,1H3,(H,6,7). The predicted molar refractivity (Wildman–Crippen MR) is 30.4 cm³/mol. The quantitative estimate of drug-likeness (QED) is 0.542. The van der Waals surface area contributed by atoms with E-state index in [0.29, 0.717) is 6.54 Å². The van der Waals surface area contributed by atoms with E-state index in [2.05, 4.69) is 16.6 Å². The molecule has 0 fully saturated rings. The number of nitrogens with one attached hydrogen (secondary N) is 1. The van der Waals surface area contributed by atoms with Crippen LogP contribution in [0.15, 0.2) is 12.8 Å². The van der Waals surface area contributed by atoms with E-state index in [0.717, 1.165) is 6.26 Å². The molecule has 0 spiro atoms. The Kier molecular flexibility index (Phi) is 3.66. The molecule has 0 unspecified atom stereocenters. The summed E-state index contributed by atoms with van der Waals surface area (Å²) in [6.45, 7) is 5.59. The molecular weight excluding hydrogens is 106 g/mol. The van der Waals surface area contributed by atoms with Gasteiger partial charge in [-0.15, -0.1) is 0 Å². The summed E-state index contributed by atoms with van der Waals surface area (Å²) in [4.78, 5) is 10.2. The number of carbonyl (C=O) groups is 1. The number of ether oxygens (including phenoxy) is 1. The summed E-state index contributed by atoms with van der Waals surface area (Å²) in [5.74, 6) is 0. The van der Waals surface area contributed by atoms with Crippen molar-refractivity contribution >= 4 is 6.09 Å². The van der Waals surface area contributed by atoms with Gasteiger partial charge >= 0.3 is 6.09 Å². The minimum Gasteiger partial charge on any atom is -0.419 e. The van der Waals surface area contributed by atoms with Gasteiger partial charge in [-0.05, 0) is 6.92 Å². The molecule has 1 amide bonds. The van der Waals surface area contributed by atoms with Crippen molar-refractivity contribution < 1.29 is 9.53 Å². The van der Waals surface area contributed by atoms with E-state index in [-0.39, 0.29) is 0 Å². The van der Waals surface area contributed by atoms with E-state index in [1.165, 1.54) is 0 Å². The lowest BCUT2D eigenvalue weighted by molar-refractivity contribution is 0.186. The maximum absolute atomic E-state index is 10.2. The van der Waals surface area contributed by atoms with Gasteiger partial charge in [-0.1, -0.05) is 6.58 Å². The van der Waals surface area contributed by atoms with Crippen LogP contribution in [0.1, 0.15) is 6.92 Å². The summed E-state index contributed by atoms with van der Waals surface area (Å²) in [6, 6.07) is 0. The number of carbonyl (C=O) groups excluding carboxylic acids is 1. The summed E-state index contributed by atoms with van der Waals surface area (Å²) < 4.78 is 4.30. The Morgan fingerprint density at radius 2 is 2.62 bits per heavy atom. The number of hydrogen-bond donors (Lipinski definition) is 1. The van der Waals surface area contributed by atoms with Crippen LogP contribution < -0.4 is 5.32 Å². The van der Waals surface area contributed by atoms with E-state index in [9.17, 15) is 4.79 Å². The van der Waals surface area contributed by atoms with Crippen molar-refractivity contribution in [1.82, 2.24) is 5.32 Å². The Balaban J connectivity index is 3.18. The fourth-order valence-corrected chi connectivity index (χ4v) is 0.262. The maximum Gasteiger partial charge on any atom is 0.411 e. The third kappa shape index (κ3) is 3.21. The first-order chi connectivity index (χ1) is 3.81. The molecule has 0 saturated carbocycles. The van der Waals surface area contributed by atoms with Crippen LogP contribution in [0.2, 0.25) is 0 Å². The first-order valence-corrected chi connectivity index (χ1v) is 2.36. The molecule has 0 aliphatic rings. The summed E-state index contributed by atoms with van der Waals surface area (Å²) in [5.41, 5.74) is 0. The van der Waals surface area contributed by atoms with E-state index in [4.69, 9.17) is 0 Å². The Labute approximate surface area is 48.3 Å². The van der Waals surface area contributed by atoms with Gasteiger partial charge in [-0.2, -0.15) is 0 Å². The molecule has 0 aliphatic heterocycles. The number of rotatable bonds is 2. The van der Waals surface area contributed by atoms with Crippen molar-refractivity contribution in [2.24, 2.45) is 0 Å². The highest BCUT2D eigenvalue weighted by molar-refractivity contribution is 5.67. The third-order valence-corrected chi connectivity index (χ3v) is 0.511. The van der Waals surface area contributed by atoms with Crippen molar-refractivity contribution in [3.8, 4) is 0 Å². The van der Waals surface area contributed by atoms with E-state index in [1.54, 1.807) is 0 Å². The van der Waals surface area contributed by atoms with Gasteiger partial charge in [0.2, 0.25) is 0 Å². The molecule has 0 radical (unpaired) electrons. The van der Waals surface area contributed by atoms with Crippen LogP contribution in [0, 0.1) is 0 Å². The first kappa shape index (κ1) is 7.01. The molecule has 3 heteroatoms. The van der Waals surface area contributed by atoms with E-state index >= 15 is 0 Å². The molecule has 1 N–H and O–H groups in total. The van der Waals surface area contributed by atoms with Gasteiger partial charge < -0.3 is 10.1 Å². The Hall–Kier alpha value is -0.990. The molecule has 0 aromatic carbocycles. The Bertz CT molecular complexity index is 90.4. The molecule has 8 heavy (non-hydrogen) atoms. The number of hydrogen-bond acceptors (Lipinski definition) is 2. The highest BCUT2D eigenvalue weighted by Gasteiger charge is 1.91. The zero-order valence-electron chi connectivity index (χ0n) is 4.81. The van der Waals surface area contributed by atoms with Gasteiger partial charge in [0.1, 0.15) is 0 Å². The average Bonchev–Trinajstić information content (AvgIpc) is 1.68. The zero-order chi connectivity index (χ0) is 6.41. The summed E-state index contributed by atoms with van der Waals surface area (Å²) in [5, 5.41) is 2.41. The maximum atomic E-state index is 10.2. The highest BCUT2D eigenvalue weighted by Crippen LogP contribution is 1.73. The van der Waals surface area contributed by atoms with Crippen LogP contribution in [0.5, 0.6) is 0 Å². The molecule has 0 heterocycles. The lowest BCUT2D eigenvalue weighted by atomic mass is 10.8. The smallest absolute Gasteiger partial charge is 0.411 e. The molecule has 0 aliphatic carbocycles. The minimum atomic E-state index is -0.456. The number of amides is 1. The molecule has 0 aromatic heterocycles. The Morgan fingerprint density at radius 3 is 3.00 bits per heavy atom. The molecular formula is C5H9NO2. The van der Waals surface area contributed by atoms with Crippen molar-refractivity contribution in [3.05, 3.63) is 12.8 Å². The van der Waals surface area contributed by atoms with Gasteiger partial charge in [0.05, 0.1) is 6.26 Å². The van der Waals surface area contributed by atoms with Crippen LogP contribution in [-0.2, 0) is 4.74 Å². The second kappa shape index (κ2) is 4.18. The van der Waals surface area contributed by atoms with Gasteiger partial charge in [0, 0.05) is 6.54 Å². The predicted octanol–water partition coefficient (Wildman–Crippen LogP) is 0.876. The van der Waals surface area contributed by atoms with E-state index in [1.807, 2.05) is 6.92 Å². The molecule has 46 valence electrons. The van der Waals surface area contributed by atoms with Crippen LogP contribution in [0.3, 0.4) is 0 Å². The van der Waals surface area contributed by atoms with Crippen molar-refractivity contribution in [1.29, 1.82) is 0 Å². The first-order valence-electron chi connectivity index (χ1n) is 2.36. The lowest BCUT2D eigenvalue weighted by Crippen LogP contribution is -2.21. The molecule has 0 aromatic rings. The second-order valence-electron chi connectivity index (χ2n) is 1.10. The fourth-order valence-electron chi connectivity index (χ4n) is 0.262. The molecule has 0 atom stereocenters.